The molecule has 0 spiro atoms. The van der Waals surface area contributed by atoms with E-state index in [1.165, 1.54) is 11.3 Å². The van der Waals surface area contributed by atoms with Gasteiger partial charge in [0.25, 0.3) is 5.91 Å². The third-order valence-electron chi connectivity index (χ3n) is 6.77. The molecule has 2 aromatic carbocycles. The van der Waals surface area contributed by atoms with Crippen molar-refractivity contribution in [2.24, 2.45) is 0 Å². The second kappa shape index (κ2) is 15.2. The Hall–Kier alpha value is -3.57. The predicted molar refractivity (Wildman–Crippen MR) is 165 cm³/mol. The summed E-state index contributed by atoms with van der Waals surface area (Å²) < 4.78 is 29.2. The maximum Gasteiger partial charge on any atom is 0.409 e. The lowest BCUT2D eigenvalue weighted by Gasteiger charge is -2.36. The second-order valence-electron chi connectivity index (χ2n) is 9.64. The van der Waals surface area contributed by atoms with Gasteiger partial charge in [0.1, 0.15) is 16.7 Å². The van der Waals surface area contributed by atoms with Crippen LogP contribution in [0.15, 0.2) is 60.0 Å². The number of carbonyl (C=O) groups is 3. The predicted octanol–water partition coefficient (Wildman–Crippen LogP) is 4.34. The van der Waals surface area contributed by atoms with Crippen LogP contribution < -0.4 is 10.6 Å². The largest absolute Gasteiger partial charge is 0.450 e. The number of aromatic nitrogens is 1. The smallest absolute Gasteiger partial charge is 0.409 e. The maximum absolute atomic E-state index is 13.8. The van der Waals surface area contributed by atoms with Gasteiger partial charge in [0.2, 0.25) is 5.91 Å². The van der Waals surface area contributed by atoms with Crippen LogP contribution in [0.3, 0.4) is 0 Å². The molecule has 0 unspecified atom stereocenters. The Balaban J connectivity index is 1.52. The summed E-state index contributed by atoms with van der Waals surface area (Å²) in [4.78, 5) is 47.0. The Bertz CT molecular complexity index is 1420. The van der Waals surface area contributed by atoms with Crippen molar-refractivity contribution in [2.45, 2.75) is 33.2 Å². The van der Waals surface area contributed by atoms with Crippen LogP contribution in [0.1, 0.15) is 36.8 Å². The fourth-order valence-electron chi connectivity index (χ4n) is 4.64. The van der Waals surface area contributed by atoms with Gasteiger partial charge in [-0.25, -0.2) is 9.78 Å². The van der Waals surface area contributed by atoms with Gasteiger partial charge >= 0.3 is 13.7 Å². The van der Waals surface area contributed by atoms with Gasteiger partial charge in [-0.05, 0) is 38.5 Å². The van der Waals surface area contributed by atoms with Crippen LogP contribution in [0.25, 0.3) is 10.6 Å². The molecule has 1 aliphatic heterocycles. The highest BCUT2D eigenvalue weighted by atomic mass is 32.1. The zero-order valence-corrected chi connectivity index (χ0v) is 26.3. The number of carbonyl (C=O) groups excluding carboxylic acids is 3. The van der Waals surface area contributed by atoms with E-state index in [1.54, 1.807) is 60.2 Å². The van der Waals surface area contributed by atoms with Crippen molar-refractivity contribution in [1.82, 2.24) is 20.1 Å². The standard InChI is InChI=1S/C30H37N4O7PS/c1-4-39-30(37)34-18-16-33(17-19-34)29(36)25(20-22-12-14-24(15-13-22)42(38,40-5-2)41-6-3)31-27(35)26-21-43-28(32-26)23-10-8-7-9-11-23/h7-15,21,25H,4-6,16-20H2,1-3H3,(H,31,35)/t25-/m0/s1. The van der Waals surface area contributed by atoms with Crippen molar-refractivity contribution in [3.8, 4) is 10.6 Å². The van der Waals surface area contributed by atoms with Gasteiger partial charge in [-0.3, -0.25) is 14.2 Å². The van der Waals surface area contributed by atoms with Crippen molar-refractivity contribution in [3.63, 3.8) is 0 Å². The van der Waals surface area contributed by atoms with Crippen LogP contribution >= 0.6 is 18.9 Å². The Morgan fingerprint density at radius 1 is 0.907 bits per heavy atom. The quantitative estimate of drug-likeness (QED) is 0.294. The van der Waals surface area contributed by atoms with E-state index in [2.05, 4.69) is 10.3 Å². The topological polar surface area (TPSA) is 127 Å². The minimum atomic E-state index is -3.47. The lowest BCUT2D eigenvalue weighted by Crippen LogP contribution is -2.56. The normalized spacial score (nSPS) is 14.3. The van der Waals surface area contributed by atoms with E-state index in [0.717, 1.165) is 11.1 Å². The molecule has 1 atom stereocenters. The molecule has 0 saturated carbocycles. The van der Waals surface area contributed by atoms with Gasteiger partial charge in [0.15, 0.2) is 0 Å². The maximum atomic E-state index is 13.8. The summed E-state index contributed by atoms with van der Waals surface area (Å²) in [6, 6.07) is 15.5. The number of piperazine rings is 1. The Morgan fingerprint density at radius 3 is 2.14 bits per heavy atom. The molecule has 1 aliphatic rings. The van der Waals surface area contributed by atoms with Gasteiger partial charge in [0, 0.05) is 43.5 Å². The number of benzene rings is 2. The van der Waals surface area contributed by atoms with Crippen molar-refractivity contribution in [3.05, 3.63) is 71.2 Å². The molecule has 11 nitrogen and oxygen atoms in total. The molecule has 0 radical (unpaired) electrons. The van der Waals surface area contributed by atoms with Gasteiger partial charge < -0.3 is 28.9 Å². The molecule has 1 N–H and O–H groups in total. The zero-order valence-electron chi connectivity index (χ0n) is 24.6. The molecule has 13 heteroatoms. The third kappa shape index (κ3) is 8.29. The van der Waals surface area contributed by atoms with Crippen LogP contribution in [-0.4, -0.2) is 84.7 Å². The van der Waals surface area contributed by atoms with E-state index < -0.39 is 25.6 Å². The molecule has 1 fully saturated rings. The van der Waals surface area contributed by atoms with E-state index in [1.807, 2.05) is 30.3 Å². The number of amides is 3. The highest BCUT2D eigenvalue weighted by molar-refractivity contribution is 7.62. The lowest BCUT2D eigenvalue weighted by molar-refractivity contribution is -0.134. The van der Waals surface area contributed by atoms with Crippen molar-refractivity contribution < 1.29 is 32.7 Å². The van der Waals surface area contributed by atoms with Gasteiger partial charge in [0.05, 0.1) is 25.1 Å². The van der Waals surface area contributed by atoms with Crippen molar-refractivity contribution in [2.75, 3.05) is 46.0 Å². The number of nitrogens with zero attached hydrogens (tertiary/aromatic N) is 3. The molecule has 230 valence electrons. The first kappa shape index (κ1) is 32.3. The van der Waals surface area contributed by atoms with Crippen LogP contribution in [-0.2, 0) is 29.6 Å². The summed E-state index contributed by atoms with van der Waals surface area (Å²) in [5.41, 5.74) is 1.86. The van der Waals surface area contributed by atoms with Gasteiger partial charge in [-0.15, -0.1) is 11.3 Å². The molecule has 0 bridgehead atoms. The van der Waals surface area contributed by atoms with E-state index in [4.69, 9.17) is 13.8 Å². The third-order valence-corrected chi connectivity index (χ3v) is 9.79. The average Bonchev–Trinajstić information content (AvgIpc) is 3.52. The average molecular weight is 629 g/mol. The Kier molecular flexibility index (Phi) is 11.5. The van der Waals surface area contributed by atoms with E-state index >= 15 is 0 Å². The first-order valence-corrected chi connectivity index (χ1v) is 16.7. The van der Waals surface area contributed by atoms with Crippen molar-refractivity contribution >= 4 is 42.1 Å². The number of hydrogen-bond donors (Lipinski definition) is 1. The lowest BCUT2D eigenvalue weighted by atomic mass is 10.0. The fourth-order valence-corrected chi connectivity index (χ4v) is 7.02. The van der Waals surface area contributed by atoms with Crippen LogP contribution in [0.5, 0.6) is 0 Å². The highest BCUT2D eigenvalue weighted by Gasteiger charge is 2.32. The first-order valence-electron chi connectivity index (χ1n) is 14.3. The highest BCUT2D eigenvalue weighted by Crippen LogP contribution is 2.46. The number of nitrogens with one attached hydrogen (secondary N) is 1. The van der Waals surface area contributed by atoms with Gasteiger partial charge in [-0.2, -0.15) is 0 Å². The summed E-state index contributed by atoms with van der Waals surface area (Å²) in [7, 11) is -3.47. The Morgan fingerprint density at radius 2 is 1.53 bits per heavy atom. The molecule has 2 heterocycles. The van der Waals surface area contributed by atoms with Gasteiger partial charge in [-0.1, -0.05) is 42.5 Å². The van der Waals surface area contributed by atoms with Crippen LogP contribution in [0.2, 0.25) is 0 Å². The molecule has 4 rings (SSSR count). The number of hydrogen-bond acceptors (Lipinski definition) is 9. The summed E-state index contributed by atoms with van der Waals surface area (Å²) in [5, 5.41) is 5.68. The number of thiazole rings is 1. The molecular weight excluding hydrogens is 591 g/mol. The van der Waals surface area contributed by atoms with Crippen LogP contribution in [0, 0.1) is 0 Å². The minimum Gasteiger partial charge on any atom is -0.450 e. The van der Waals surface area contributed by atoms with Crippen molar-refractivity contribution in [1.29, 1.82) is 0 Å². The minimum absolute atomic E-state index is 0.187. The molecule has 0 aliphatic carbocycles. The molecule has 3 aromatic rings. The number of ether oxygens (including phenoxy) is 1. The summed E-state index contributed by atoms with van der Waals surface area (Å²) in [6.45, 7) is 7.25. The van der Waals surface area contributed by atoms with E-state index in [9.17, 15) is 18.9 Å². The summed E-state index contributed by atoms with van der Waals surface area (Å²) >= 11 is 1.35. The molecule has 1 aromatic heterocycles. The number of rotatable bonds is 12. The summed E-state index contributed by atoms with van der Waals surface area (Å²) in [6.07, 6.45) is -0.222. The monoisotopic (exact) mass is 628 g/mol. The fraction of sp³-hybridized carbons (Fsp3) is 0.400. The molecule has 3 amide bonds. The molecule has 1 saturated heterocycles. The van der Waals surface area contributed by atoms with Crippen LogP contribution in [0.4, 0.5) is 4.79 Å². The zero-order chi connectivity index (χ0) is 30.8. The SMILES string of the molecule is CCOC(=O)N1CCN(C(=O)[C@H](Cc2ccc(P(=O)(OCC)OCC)cc2)NC(=O)c2csc(-c3ccccc3)n2)CC1. The van der Waals surface area contributed by atoms with E-state index in [-0.39, 0.29) is 37.8 Å². The van der Waals surface area contributed by atoms with E-state index in [0.29, 0.717) is 36.5 Å². The Labute approximate surface area is 255 Å². The second-order valence-corrected chi connectivity index (χ2v) is 12.5. The summed E-state index contributed by atoms with van der Waals surface area (Å²) in [5.74, 6) is -0.732. The molecule has 43 heavy (non-hydrogen) atoms. The molecular formula is C30H37N4O7PS. The first-order chi connectivity index (χ1) is 20.8.